The molecule has 0 fully saturated rings. The quantitative estimate of drug-likeness (QED) is 0.805. The van der Waals surface area contributed by atoms with E-state index < -0.39 is 0 Å². The summed E-state index contributed by atoms with van der Waals surface area (Å²) in [6.45, 7) is 0. The Morgan fingerprint density at radius 2 is 1.90 bits per heavy atom. The second kappa shape index (κ2) is 7.46. The normalized spacial score (nSPS) is 11.9. The Labute approximate surface area is 132 Å². The monoisotopic (exact) mass is 351 g/mol. The van der Waals surface area contributed by atoms with Gasteiger partial charge in [0.15, 0.2) is 0 Å². The van der Waals surface area contributed by atoms with Gasteiger partial charge >= 0.3 is 0 Å². The van der Waals surface area contributed by atoms with Crippen LogP contribution in [0.1, 0.15) is 17.2 Å². The molecule has 1 amide bonds. The van der Waals surface area contributed by atoms with Crippen LogP contribution in [0.4, 0.5) is 0 Å². The first-order valence-corrected chi connectivity index (χ1v) is 7.83. The van der Waals surface area contributed by atoms with E-state index in [0.717, 1.165) is 11.1 Å². The largest absolute Gasteiger partial charge is 0.348 e. The van der Waals surface area contributed by atoms with Crippen molar-refractivity contribution in [3.8, 4) is 0 Å². The van der Waals surface area contributed by atoms with Crippen molar-refractivity contribution >= 4 is 33.4 Å². The molecular formula is C16H15BrClNO. The van der Waals surface area contributed by atoms with Gasteiger partial charge in [0.2, 0.25) is 5.91 Å². The van der Waals surface area contributed by atoms with Gasteiger partial charge in [0.1, 0.15) is 0 Å². The summed E-state index contributed by atoms with van der Waals surface area (Å²) < 4.78 is 0. The van der Waals surface area contributed by atoms with Crippen LogP contribution < -0.4 is 5.32 Å². The number of carbonyl (C=O) groups excluding carboxylic acids is 1. The first kappa shape index (κ1) is 15.1. The van der Waals surface area contributed by atoms with E-state index in [1.54, 1.807) is 6.07 Å². The number of carbonyl (C=O) groups is 1. The van der Waals surface area contributed by atoms with Crippen LogP contribution in [0.25, 0.3) is 0 Å². The number of hydrogen-bond donors (Lipinski definition) is 1. The summed E-state index contributed by atoms with van der Waals surface area (Å²) in [5.41, 5.74) is 2.00. The van der Waals surface area contributed by atoms with Crippen LogP contribution in [0.3, 0.4) is 0 Å². The Hall–Kier alpha value is -1.32. The fourth-order valence-corrected chi connectivity index (χ4v) is 2.72. The third-order valence-electron chi connectivity index (χ3n) is 2.95. The van der Waals surface area contributed by atoms with E-state index >= 15 is 0 Å². The van der Waals surface area contributed by atoms with Gasteiger partial charge in [-0.1, -0.05) is 70.0 Å². The molecule has 104 valence electrons. The van der Waals surface area contributed by atoms with Crippen LogP contribution in [-0.2, 0) is 11.2 Å². The van der Waals surface area contributed by atoms with E-state index in [4.69, 9.17) is 11.6 Å². The average molecular weight is 353 g/mol. The molecule has 2 aromatic carbocycles. The van der Waals surface area contributed by atoms with Crippen molar-refractivity contribution < 1.29 is 4.79 Å². The summed E-state index contributed by atoms with van der Waals surface area (Å²) in [5, 5.41) is 4.35. The minimum atomic E-state index is -0.0251. The van der Waals surface area contributed by atoms with Crippen LogP contribution >= 0.6 is 27.5 Å². The number of hydrogen-bond acceptors (Lipinski definition) is 1. The molecule has 0 spiro atoms. The Kier molecular flexibility index (Phi) is 5.62. The molecule has 0 aliphatic heterocycles. The van der Waals surface area contributed by atoms with Crippen molar-refractivity contribution in [2.45, 2.75) is 12.5 Å². The zero-order valence-corrected chi connectivity index (χ0v) is 13.2. The molecule has 0 saturated heterocycles. The number of rotatable bonds is 5. The maximum atomic E-state index is 12.1. The molecule has 1 N–H and O–H groups in total. The SMILES string of the molecule is O=C(Cc1cccc(Cl)c1)NC(CBr)c1ccccc1. The molecule has 0 aliphatic rings. The maximum Gasteiger partial charge on any atom is 0.224 e. The fourth-order valence-electron chi connectivity index (χ4n) is 1.97. The lowest BCUT2D eigenvalue weighted by Gasteiger charge is -2.16. The van der Waals surface area contributed by atoms with Crippen LogP contribution in [0.5, 0.6) is 0 Å². The topological polar surface area (TPSA) is 29.1 Å². The van der Waals surface area contributed by atoms with Gasteiger partial charge in [0.05, 0.1) is 12.5 Å². The van der Waals surface area contributed by atoms with Gasteiger partial charge in [-0.2, -0.15) is 0 Å². The lowest BCUT2D eigenvalue weighted by molar-refractivity contribution is -0.121. The number of nitrogens with one attached hydrogen (secondary N) is 1. The van der Waals surface area contributed by atoms with Crippen LogP contribution in [-0.4, -0.2) is 11.2 Å². The predicted octanol–water partition coefficient (Wildman–Crippen LogP) is 4.13. The third-order valence-corrected chi connectivity index (χ3v) is 3.83. The van der Waals surface area contributed by atoms with Crippen molar-refractivity contribution in [2.75, 3.05) is 5.33 Å². The molecule has 4 heteroatoms. The summed E-state index contributed by atoms with van der Waals surface area (Å²) in [5.74, 6) is -0.0134. The van der Waals surface area contributed by atoms with Gasteiger partial charge in [-0.25, -0.2) is 0 Å². The third kappa shape index (κ3) is 4.36. The predicted molar refractivity (Wildman–Crippen MR) is 86.3 cm³/mol. The summed E-state index contributed by atoms with van der Waals surface area (Å²) >= 11 is 9.36. The second-order valence-corrected chi connectivity index (χ2v) is 5.58. The van der Waals surface area contributed by atoms with Crippen molar-refractivity contribution in [1.29, 1.82) is 0 Å². The van der Waals surface area contributed by atoms with Crippen LogP contribution in [0.15, 0.2) is 54.6 Å². The highest BCUT2D eigenvalue weighted by Gasteiger charge is 2.13. The zero-order chi connectivity index (χ0) is 14.4. The van der Waals surface area contributed by atoms with Gasteiger partial charge in [0, 0.05) is 10.4 Å². The molecule has 0 saturated carbocycles. The molecule has 0 heterocycles. The van der Waals surface area contributed by atoms with Gasteiger partial charge < -0.3 is 5.32 Å². The van der Waals surface area contributed by atoms with Gasteiger partial charge in [-0.05, 0) is 23.3 Å². The molecule has 1 atom stereocenters. The summed E-state index contributed by atoms with van der Waals surface area (Å²) in [6, 6.07) is 17.2. The molecule has 0 bridgehead atoms. The molecule has 2 rings (SSSR count). The Balaban J connectivity index is 2.00. The summed E-state index contributed by atoms with van der Waals surface area (Å²) in [6.07, 6.45) is 0.330. The maximum absolute atomic E-state index is 12.1. The van der Waals surface area contributed by atoms with E-state index in [9.17, 15) is 4.79 Å². The molecule has 2 nitrogen and oxygen atoms in total. The molecule has 2 aromatic rings. The van der Waals surface area contributed by atoms with Crippen LogP contribution in [0.2, 0.25) is 5.02 Å². The number of benzene rings is 2. The van der Waals surface area contributed by atoms with Crippen molar-refractivity contribution in [1.82, 2.24) is 5.32 Å². The highest BCUT2D eigenvalue weighted by Crippen LogP contribution is 2.16. The molecular weight excluding hydrogens is 338 g/mol. The lowest BCUT2D eigenvalue weighted by Crippen LogP contribution is -2.30. The van der Waals surface area contributed by atoms with Gasteiger partial charge in [-0.15, -0.1) is 0 Å². The Bertz CT molecular complexity index is 574. The lowest BCUT2D eigenvalue weighted by atomic mass is 10.1. The Morgan fingerprint density at radius 3 is 2.55 bits per heavy atom. The van der Waals surface area contributed by atoms with E-state index in [1.807, 2.05) is 48.5 Å². The summed E-state index contributed by atoms with van der Waals surface area (Å²) in [4.78, 5) is 12.1. The number of amides is 1. The highest BCUT2D eigenvalue weighted by atomic mass is 79.9. The van der Waals surface area contributed by atoms with Gasteiger partial charge in [0.25, 0.3) is 0 Å². The molecule has 0 aromatic heterocycles. The molecule has 0 aliphatic carbocycles. The highest BCUT2D eigenvalue weighted by molar-refractivity contribution is 9.09. The van der Waals surface area contributed by atoms with E-state index in [1.165, 1.54) is 0 Å². The van der Waals surface area contributed by atoms with Crippen molar-refractivity contribution in [3.63, 3.8) is 0 Å². The first-order chi connectivity index (χ1) is 9.69. The second-order valence-electron chi connectivity index (χ2n) is 4.49. The van der Waals surface area contributed by atoms with E-state index in [0.29, 0.717) is 16.8 Å². The Morgan fingerprint density at radius 1 is 1.15 bits per heavy atom. The molecule has 1 unspecified atom stereocenters. The molecule has 0 radical (unpaired) electrons. The minimum absolute atomic E-state index is 0.0134. The van der Waals surface area contributed by atoms with Crippen molar-refractivity contribution in [3.05, 3.63) is 70.7 Å². The standard InChI is InChI=1S/C16H15BrClNO/c17-11-15(13-6-2-1-3-7-13)19-16(20)10-12-5-4-8-14(18)9-12/h1-9,15H,10-11H2,(H,19,20). The fraction of sp³-hybridized carbons (Fsp3) is 0.188. The average Bonchev–Trinajstić information content (AvgIpc) is 2.45. The summed E-state index contributed by atoms with van der Waals surface area (Å²) in [7, 11) is 0. The van der Waals surface area contributed by atoms with Crippen molar-refractivity contribution in [2.24, 2.45) is 0 Å². The minimum Gasteiger partial charge on any atom is -0.348 e. The van der Waals surface area contributed by atoms with Gasteiger partial charge in [-0.3, -0.25) is 4.79 Å². The number of halogens is 2. The first-order valence-electron chi connectivity index (χ1n) is 6.34. The van der Waals surface area contributed by atoms with E-state index in [2.05, 4.69) is 21.2 Å². The smallest absolute Gasteiger partial charge is 0.224 e. The number of alkyl halides is 1. The zero-order valence-electron chi connectivity index (χ0n) is 10.9. The van der Waals surface area contributed by atoms with E-state index in [-0.39, 0.29) is 11.9 Å². The van der Waals surface area contributed by atoms with Crippen LogP contribution in [0, 0.1) is 0 Å². The molecule has 20 heavy (non-hydrogen) atoms.